The minimum absolute atomic E-state index is 0.140. The summed E-state index contributed by atoms with van der Waals surface area (Å²) in [6, 6.07) is 0.553. The molecule has 0 saturated heterocycles. The summed E-state index contributed by atoms with van der Waals surface area (Å²) >= 11 is 0. The minimum Gasteiger partial charge on any atom is -0.383 e. The third-order valence-corrected chi connectivity index (χ3v) is 3.52. The molecule has 116 valence electrons. The van der Waals surface area contributed by atoms with Crippen molar-refractivity contribution in [2.75, 3.05) is 20.3 Å². The van der Waals surface area contributed by atoms with Crippen molar-refractivity contribution in [2.24, 2.45) is 0 Å². The van der Waals surface area contributed by atoms with Gasteiger partial charge in [-0.1, -0.05) is 33.1 Å². The van der Waals surface area contributed by atoms with E-state index in [9.17, 15) is 0 Å². The molecule has 1 aromatic rings. The molecule has 0 fully saturated rings. The van der Waals surface area contributed by atoms with Gasteiger partial charge in [0.15, 0.2) is 5.82 Å². The molecular formula is C14H29N5O. The zero-order valence-corrected chi connectivity index (χ0v) is 13.3. The van der Waals surface area contributed by atoms with Crippen molar-refractivity contribution in [3.63, 3.8) is 0 Å². The second kappa shape index (κ2) is 9.83. The van der Waals surface area contributed by atoms with Crippen LogP contribution in [-0.2, 0) is 4.74 Å². The van der Waals surface area contributed by atoms with Gasteiger partial charge in [-0.05, 0) is 30.2 Å². The van der Waals surface area contributed by atoms with Gasteiger partial charge in [0.2, 0.25) is 0 Å². The van der Waals surface area contributed by atoms with E-state index in [1.165, 1.54) is 12.8 Å². The average molecular weight is 283 g/mol. The molecule has 2 atom stereocenters. The molecule has 0 saturated carbocycles. The SMILES string of the molecule is CCCCC(CCC)n1nnnc1C(C)NCCOC. The maximum Gasteiger partial charge on any atom is 0.168 e. The van der Waals surface area contributed by atoms with E-state index < -0.39 is 0 Å². The lowest BCUT2D eigenvalue weighted by Crippen LogP contribution is -2.27. The van der Waals surface area contributed by atoms with Crippen molar-refractivity contribution in [3.05, 3.63) is 5.82 Å². The van der Waals surface area contributed by atoms with Crippen LogP contribution in [-0.4, -0.2) is 40.5 Å². The number of nitrogens with zero attached hydrogens (tertiary/aromatic N) is 4. The molecule has 1 aromatic heterocycles. The highest BCUT2D eigenvalue weighted by Crippen LogP contribution is 2.23. The number of aromatic nitrogens is 4. The van der Waals surface area contributed by atoms with Crippen LogP contribution in [0, 0.1) is 0 Å². The van der Waals surface area contributed by atoms with Crippen molar-refractivity contribution < 1.29 is 4.74 Å². The molecule has 0 aliphatic rings. The highest BCUT2D eigenvalue weighted by molar-refractivity contribution is 4.92. The Balaban J connectivity index is 2.70. The molecule has 6 heteroatoms. The maximum atomic E-state index is 5.06. The van der Waals surface area contributed by atoms with E-state index >= 15 is 0 Å². The number of hydrogen-bond acceptors (Lipinski definition) is 5. The fourth-order valence-corrected chi connectivity index (χ4v) is 2.38. The van der Waals surface area contributed by atoms with E-state index in [-0.39, 0.29) is 6.04 Å². The second-order valence-corrected chi connectivity index (χ2v) is 5.23. The number of rotatable bonds is 11. The number of unbranched alkanes of at least 4 members (excludes halogenated alkanes) is 1. The van der Waals surface area contributed by atoms with Gasteiger partial charge in [-0.2, -0.15) is 0 Å². The number of ether oxygens (including phenoxy) is 1. The van der Waals surface area contributed by atoms with Gasteiger partial charge in [-0.3, -0.25) is 0 Å². The molecule has 0 radical (unpaired) electrons. The maximum absolute atomic E-state index is 5.06. The third kappa shape index (κ3) is 5.17. The zero-order valence-electron chi connectivity index (χ0n) is 13.3. The van der Waals surface area contributed by atoms with Crippen LogP contribution >= 0.6 is 0 Å². The highest BCUT2D eigenvalue weighted by Gasteiger charge is 2.20. The third-order valence-electron chi connectivity index (χ3n) is 3.52. The van der Waals surface area contributed by atoms with E-state index in [1.807, 2.05) is 4.68 Å². The van der Waals surface area contributed by atoms with Crippen molar-refractivity contribution >= 4 is 0 Å². The molecule has 0 spiro atoms. The van der Waals surface area contributed by atoms with Crippen LogP contribution in [0.3, 0.4) is 0 Å². The predicted molar refractivity (Wildman–Crippen MR) is 79.6 cm³/mol. The van der Waals surface area contributed by atoms with Crippen LogP contribution < -0.4 is 5.32 Å². The largest absolute Gasteiger partial charge is 0.383 e. The number of tetrazole rings is 1. The lowest BCUT2D eigenvalue weighted by molar-refractivity contribution is 0.195. The van der Waals surface area contributed by atoms with E-state index in [4.69, 9.17) is 4.74 Å². The molecule has 2 unspecified atom stereocenters. The Kier molecular flexibility index (Phi) is 8.37. The first-order valence-electron chi connectivity index (χ1n) is 7.74. The zero-order chi connectivity index (χ0) is 14.8. The Morgan fingerprint density at radius 3 is 2.70 bits per heavy atom. The first-order valence-corrected chi connectivity index (χ1v) is 7.74. The van der Waals surface area contributed by atoms with E-state index in [0.717, 1.165) is 31.6 Å². The smallest absolute Gasteiger partial charge is 0.168 e. The molecule has 0 bridgehead atoms. The molecule has 0 aliphatic carbocycles. The summed E-state index contributed by atoms with van der Waals surface area (Å²) in [6.45, 7) is 8.03. The molecule has 1 N–H and O–H groups in total. The van der Waals surface area contributed by atoms with E-state index in [0.29, 0.717) is 12.6 Å². The van der Waals surface area contributed by atoms with Gasteiger partial charge in [-0.15, -0.1) is 5.10 Å². The predicted octanol–water partition coefficient (Wildman–Crippen LogP) is 2.50. The van der Waals surface area contributed by atoms with Crippen LogP contribution in [0.25, 0.3) is 0 Å². The van der Waals surface area contributed by atoms with Crippen molar-refractivity contribution in [2.45, 2.75) is 65.0 Å². The van der Waals surface area contributed by atoms with Gasteiger partial charge in [-0.25, -0.2) is 4.68 Å². The normalized spacial score (nSPS) is 14.4. The Morgan fingerprint density at radius 2 is 2.05 bits per heavy atom. The summed E-state index contributed by atoms with van der Waals surface area (Å²) in [5.41, 5.74) is 0. The second-order valence-electron chi connectivity index (χ2n) is 5.23. The molecule has 1 heterocycles. The van der Waals surface area contributed by atoms with Gasteiger partial charge in [0.05, 0.1) is 18.7 Å². The van der Waals surface area contributed by atoms with Crippen molar-refractivity contribution in [1.82, 2.24) is 25.5 Å². The highest BCUT2D eigenvalue weighted by atomic mass is 16.5. The summed E-state index contributed by atoms with van der Waals surface area (Å²) in [5.74, 6) is 0.927. The number of methoxy groups -OCH3 is 1. The van der Waals surface area contributed by atoms with Gasteiger partial charge >= 0.3 is 0 Å². The minimum atomic E-state index is 0.140. The lowest BCUT2D eigenvalue weighted by Gasteiger charge is -2.20. The lowest BCUT2D eigenvalue weighted by atomic mass is 10.1. The molecule has 20 heavy (non-hydrogen) atoms. The Bertz CT molecular complexity index is 355. The fourth-order valence-electron chi connectivity index (χ4n) is 2.38. The summed E-state index contributed by atoms with van der Waals surface area (Å²) in [7, 11) is 1.71. The van der Waals surface area contributed by atoms with Crippen LogP contribution in [0.5, 0.6) is 0 Å². The Hall–Kier alpha value is -1.01. The van der Waals surface area contributed by atoms with Crippen molar-refractivity contribution in [3.8, 4) is 0 Å². The topological polar surface area (TPSA) is 64.9 Å². The van der Waals surface area contributed by atoms with Gasteiger partial charge < -0.3 is 10.1 Å². The fraction of sp³-hybridized carbons (Fsp3) is 0.929. The molecule has 0 amide bonds. The number of nitrogens with one attached hydrogen (secondary N) is 1. The van der Waals surface area contributed by atoms with Crippen LogP contribution in [0.2, 0.25) is 0 Å². The summed E-state index contributed by atoms with van der Waals surface area (Å²) in [5, 5.41) is 15.7. The number of hydrogen-bond donors (Lipinski definition) is 1. The van der Waals surface area contributed by atoms with Gasteiger partial charge in [0.25, 0.3) is 0 Å². The van der Waals surface area contributed by atoms with Crippen molar-refractivity contribution in [1.29, 1.82) is 0 Å². The molecule has 0 aromatic carbocycles. The first-order chi connectivity index (χ1) is 9.74. The van der Waals surface area contributed by atoms with Gasteiger partial charge in [0.1, 0.15) is 0 Å². The van der Waals surface area contributed by atoms with Gasteiger partial charge in [0, 0.05) is 13.7 Å². The van der Waals surface area contributed by atoms with E-state index in [1.54, 1.807) is 7.11 Å². The molecule has 1 rings (SSSR count). The Morgan fingerprint density at radius 1 is 1.25 bits per heavy atom. The Labute approximate surface area is 122 Å². The molecule has 0 aliphatic heterocycles. The van der Waals surface area contributed by atoms with Crippen LogP contribution in [0.4, 0.5) is 0 Å². The summed E-state index contributed by atoms with van der Waals surface area (Å²) < 4.78 is 7.08. The first kappa shape index (κ1) is 17.0. The molecule has 6 nitrogen and oxygen atoms in total. The summed E-state index contributed by atoms with van der Waals surface area (Å²) in [4.78, 5) is 0. The monoisotopic (exact) mass is 283 g/mol. The average Bonchev–Trinajstić information content (AvgIpc) is 2.93. The quantitative estimate of drug-likeness (QED) is 0.632. The molecular weight excluding hydrogens is 254 g/mol. The summed E-state index contributed by atoms with van der Waals surface area (Å²) in [6.07, 6.45) is 5.85. The van der Waals surface area contributed by atoms with Crippen LogP contribution in [0.15, 0.2) is 0 Å². The van der Waals surface area contributed by atoms with E-state index in [2.05, 4.69) is 41.6 Å². The standard InChI is InChI=1S/C14H29N5O/c1-5-7-9-13(8-6-2)19-14(16-17-18-19)12(3)15-10-11-20-4/h12-13,15H,5-11H2,1-4H3. The van der Waals surface area contributed by atoms with Crippen LogP contribution in [0.1, 0.15) is 70.8 Å².